The first-order chi connectivity index (χ1) is 11.3. The van der Waals surface area contributed by atoms with Crippen molar-refractivity contribution in [2.24, 2.45) is 7.05 Å². The minimum atomic E-state index is 1.02. The first-order valence-electron chi connectivity index (χ1n) is 8.16. The Morgan fingerprint density at radius 2 is 1.57 bits per heavy atom. The molecule has 0 spiro atoms. The third kappa shape index (κ3) is 2.61. The summed E-state index contributed by atoms with van der Waals surface area (Å²) in [6.45, 7) is 2.07. The summed E-state index contributed by atoms with van der Waals surface area (Å²) in [5, 5.41) is 0. The van der Waals surface area contributed by atoms with Gasteiger partial charge in [0.25, 0.3) is 0 Å². The highest BCUT2D eigenvalue weighted by atomic mass is 15.1. The average molecular weight is 305 g/mol. The van der Waals surface area contributed by atoms with Gasteiger partial charge in [-0.1, -0.05) is 24.3 Å². The van der Waals surface area contributed by atoms with Crippen molar-refractivity contribution >= 4 is 22.1 Å². The fraction of sp³-hybridized carbons (Fsp3) is 0.263. The third-order valence-corrected chi connectivity index (χ3v) is 4.46. The summed E-state index contributed by atoms with van der Waals surface area (Å²) in [7, 11) is 2.11. The van der Waals surface area contributed by atoms with E-state index in [0.29, 0.717) is 0 Å². The fourth-order valence-corrected chi connectivity index (χ4v) is 3.27. The molecular formula is C19H21N4+. The normalized spacial score (nSPS) is 11.5. The number of imidazole rings is 2. The molecule has 0 aliphatic carbocycles. The Morgan fingerprint density at radius 3 is 2.43 bits per heavy atom. The van der Waals surface area contributed by atoms with Crippen molar-refractivity contribution in [3.8, 4) is 0 Å². The number of para-hydroxylation sites is 4. The number of hydrogen-bond donors (Lipinski definition) is 0. The molecule has 2 heterocycles. The Hall–Kier alpha value is -2.62. The van der Waals surface area contributed by atoms with Crippen molar-refractivity contribution in [1.29, 1.82) is 0 Å². The maximum absolute atomic E-state index is 4.45. The zero-order valence-corrected chi connectivity index (χ0v) is 13.4. The predicted octanol–water partition coefficient (Wildman–Crippen LogP) is 3.30. The second-order valence-corrected chi connectivity index (χ2v) is 6.04. The van der Waals surface area contributed by atoms with Crippen LogP contribution >= 0.6 is 0 Å². The van der Waals surface area contributed by atoms with Crippen LogP contribution in [0, 0.1) is 0 Å². The molecule has 4 heteroatoms. The number of fused-ring (bicyclic) bond motifs is 2. The minimum Gasteiger partial charge on any atom is -0.331 e. The van der Waals surface area contributed by atoms with Crippen molar-refractivity contribution < 1.29 is 4.57 Å². The van der Waals surface area contributed by atoms with E-state index in [1.165, 1.54) is 16.6 Å². The second kappa shape index (κ2) is 5.88. The lowest BCUT2D eigenvalue weighted by Gasteiger charge is -2.03. The van der Waals surface area contributed by atoms with Crippen LogP contribution < -0.4 is 4.57 Å². The Morgan fingerprint density at radius 1 is 0.870 bits per heavy atom. The molecule has 0 saturated carbocycles. The SMILES string of the molecule is C[n+]1cn(CCCCn2cnc3ccccc32)c2ccccc21. The molecule has 0 aliphatic heterocycles. The lowest BCUT2D eigenvalue weighted by atomic mass is 10.2. The molecule has 0 aliphatic rings. The van der Waals surface area contributed by atoms with Gasteiger partial charge in [-0.25, -0.2) is 14.1 Å². The van der Waals surface area contributed by atoms with Gasteiger partial charge in [0.1, 0.15) is 0 Å². The van der Waals surface area contributed by atoms with E-state index in [9.17, 15) is 0 Å². The summed E-state index contributed by atoms with van der Waals surface area (Å²) in [6.07, 6.45) is 6.45. The molecule has 0 bridgehead atoms. The van der Waals surface area contributed by atoms with Gasteiger partial charge in [-0.3, -0.25) is 0 Å². The van der Waals surface area contributed by atoms with Gasteiger partial charge in [-0.15, -0.1) is 0 Å². The van der Waals surface area contributed by atoms with Gasteiger partial charge in [-0.05, 0) is 37.1 Å². The standard InChI is InChI=1S/C19H21N4/c1-21-15-23(19-11-5-4-10-18(19)21)13-7-6-12-22-14-20-16-8-2-3-9-17(16)22/h2-5,8-11,14-15H,6-7,12-13H2,1H3/q+1. The van der Waals surface area contributed by atoms with Crippen LogP contribution in [0.1, 0.15) is 12.8 Å². The van der Waals surface area contributed by atoms with E-state index in [4.69, 9.17) is 0 Å². The summed E-state index contributed by atoms with van der Waals surface area (Å²) in [6, 6.07) is 16.9. The summed E-state index contributed by atoms with van der Waals surface area (Å²) in [4.78, 5) is 4.45. The first kappa shape index (κ1) is 14.0. The van der Waals surface area contributed by atoms with E-state index in [1.807, 2.05) is 12.4 Å². The molecule has 4 rings (SSSR count). The summed E-state index contributed by atoms with van der Waals surface area (Å²) in [5.41, 5.74) is 4.90. The van der Waals surface area contributed by atoms with Crippen LogP contribution in [0.3, 0.4) is 0 Å². The quantitative estimate of drug-likeness (QED) is 0.410. The van der Waals surface area contributed by atoms with Gasteiger partial charge >= 0.3 is 0 Å². The second-order valence-electron chi connectivity index (χ2n) is 6.04. The molecule has 0 N–H and O–H groups in total. The smallest absolute Gasteiger partial charge is 0.244 e. The third-order valence-electron chi connectivity index (χ3n) is 4.46. The molecule has 0 unspecified atom stereocenters. The molecule has 0 atom stereocenters. The van der Waals surface area contributed by atoms with Crippen molar-refractivity contribution in [2.75, 3.05) is 0 Å². The number of nitrogens with zero attached hydrogens (tertiary/aromatic N) is 4. The number of rotatable bonds is 5. The topological polar surface area (TPSA) is 26.6 Å². The molecule has 2 aromatic carbocycles. The van der Waals surface area contributed by atoms with Crippen molar-refractivity contribution in [3.05, 3.63) is 61.2 Å². The molecule has 2 aromatic heterocycles. The highest BCUT2D eigenvalue weighted by Gasteiger charge is 2.11. The molecule has 4 nitrogen and oxygen atoms in total. The maximum Gasteiger partial charge on any atom is 0.244 e. The molecule has 4 aromatic rings. The van der Waals surface area contributed by atoms with Crippen molar-refractivity contribution in [3.63, 3.8) is 0 Å². The highest BCUT2D eigenvalue weighted by Crippen LogP contribution is 2.14. The van der Waals surface area contributed by atoms with E-state index in [2.05, 4.69) is 74.5 Å². The molecule has 116 valence electrons. The maximum atomic E-state index is 4.45. The molecule has 0 amide bonds. The Labute approximate surface area is 135 Å². The molecular weight excluding hydrogens is 284 g/mol. The number of unbranched alkanes of at least 4 members (excludes halogenated alkanes) is 1. The van der Waals surface area contributed by atoms with Gasteiger partial charge in [0.15, 0.2) is 11.0 Å². The number of hydrogen-bond acceptors (Lipinski definition) is 1. The molecule has 23 heavy (non-hydrogen) atoms. The molecule has 0 fully saturated rings. The van der Waals surface area contributed by atoms with Gasteiger partial charge in [0.05, 0.1) is 31.0 Å². The van der Waals surface area contributed by atoms with Gasteiger partial charge in [0.2, 0.25) is 6.33 Å². The van der Waals surface area contributed by atoms with Crippen LogP contribution in [0.25, 0.3) is 22.1 Å². The van der Waals surface area contributed by atoms with E-state index in [-0.39, 0.29) is 0 Å². The fourth-order valence-electron chi connectivity index (χ4n) is 3.27. The van der Waals surface area contributed by atoms with E-state index < -0.39 is 0 Å². The van der Waals surface area contributed by atoms with E-state index in [1.54, 1.807) is 0 Å². The van der Waals surface area contributed by atoms with Gasteiger partial charge < -0.3 is 4.57 Å². The number of aromatic nitrogens is 4. The average Bonchev–Trinajstić information content (AvgIpc) is 3.14. The number of aryl methyl sites for hydroxylation is 3. The predicted molar refractivity (Wildman–Crippen MR) is 92.1 cm³/mol. The largest absolute Gasteiger partial charge is 0.331 e. The van der Waals surface area contributed by atoms with E-state index >= 15 is 0 Å². The zero-order chi connectivity index (χ0) is 15.6. The van der Waals surface area contributed by atoms with Crippen LogP contribution in [0.2, 0.25) is 0 Å². The first-order valence-corrected chi connectivity index (χ1v) is 8.16. The summed E-state index contributed by atoms with van der Waals surface area (Å²) < 4.78 is 6.79. The molecule has 0 radical (unpaired) electrons. The zero-order valence-electron chi connectivity index (χ0n) is 13.4. The van der Waals surface area contributed by atoms with Gasteiger partial charge in [-0.2, -0.15) is 0 Å². The van der Waals surface area contributed by atoms with Crippen LogP contribution in [-0.2, 0) is 20.1 Å². The van der Waals surface area contributed by atoms with Crippen molar-refractivity contribution in [1.82, 2.24) is 14.1 Å². The van der Waals surface area contributed by atoms with Crippen LogP contribution in [0.4, 0.5) is 0 Å². The summed E-state index contributed by atoms with van der Waals surface area (Å²) in [5.74, 6) is 0. The highest BCUT2D eigenvalue weighted by molar-refractivity contribution is 5.74. The Balaban J connectivity index is 1.42. The Kier molecular flexibility index (Phi) is 3.58. The van der Waals surface area contributed by atoms with Gasteiger partial charge in [0, 0.05) is 6.54 Å². The van der Waals surface area contributed by atoms with E-state index in [0.717, 1.165) is 31.4 Å². The molecule has 0 saturated heterocycles. The van der Waals surface area contributed by atoms with Crippen LogP contribution in [0.15, 0.2) is 61.2 Å². The van der Waals surface area contributed by atoms with Crippen LogP contribution in [0.5, 0.6) is 0 Å². The van der Waals surface area contributed by atoms with Crippen LogP contribution in [-0.4, -0.2) is 14.1 Å². The Bertz CT molecular complexity index is 948. The monoisotopic (exact) mass is 305 g/mol. The summed E-state index contributed by atoms with van der Waals surface area (Å²) >= 11 is 0. The van der Waals surface area contributed by atoms with Crippen molar-refractivity contribution in [2.45, 2.75) is 25.9 Å². The number of benzene rings is 2. The minimum absolute atomic E-state index is 1.02. The lowest BCUT2D eigenvalue weighted by Crippen LogP contribution is -2.25. The lowest BCUT2D eigenvalue weighted by molar-refractivity contribution is -0.645.